The maximum atomic E-state index is 5.11. The normalized spacial score (nSPS) is 18.3. The molecule has 0 aromatic heterocycles. The molecule has 34 valence electrons. The minimum atomic E-state index is 0.468. The molecule has 0 aromatic carbocycles. The first kappa shape index (κ1) is 3.33. The van der Waals surface area contributed by atoms with E-state index >= 15 is 0 Å². The van der Waals surface area contributed by atoms with E-state index < -0.39 is 0 Å². The highest BCUT2D eigenvalue weighted by Crippen LogP contribution is 1.88. The fraction of sp³-hybridized carbons (Fsp3) is 0.333. The fourth-order valence-corrected chi connectivity index (χ4v) is 0.309. The van der Waals surface area contributed by atoms with Crippen molar-refractivity contribution in [2.24, 2.45) is 5.73 Å². The smallest absolute Gasteiger partial charge is 0.202 e. The molecular weight excluding hydrogens is 80.0 g/mol. The van der Waals surface area contributed by atoms with Crippen LogP contribution in [-0.2, 0) is 4.74 Å². The van der Waals surface area contributed by atoms with E-state index in [1.54, 1.807) is 6.20 Å². The van der Waals surface area contributed by atoms with Crippen molar-refractivity contribution in [2.45, 2.75) is 0 Å². The lowest BCUT2D eigenvalue weighted by Crippen LogP contribution is -2.00. The van der Waals surface area contributed by atoms with Crippen LogP contribution in [0.25, 0.3) is 0 Å². The highest BCUT2D eigenvalue weighted by atomic mass is 16.5. The molecule has 0 atom stereocenters. The van der Waals surface area contributed by atoms with Crippen LogP contribution in [-0.4, -0.2) is 6.73 Å². The van der Waals surface area contributed by atoms with Gasteiger partial charge >= 0.3 is 0 Å². The van der Waals surface area contributed by atoms with Crippen LogP contribution < -0.4 is 11.1 Å². The van der Waals surface area contributed by atoms with E-state index in [1.165, 1.54) is 0 Å². The minimum absolute atomic E-state index is 0.468. The van der Waals surface area contributed by atoms with Crippen molar-refractivity contribution in [2.75, 3.05) is 6.73 Å². The molecule has 1 aliphatic rings. The van der Waals surface area contributed by atoms with E-state index in [0.29, 0.717) is 12.6 Å². The largest absolute Gasteiger partial charge is 0.457 e. The van der Waals surface area contributed by atoms with Crippen molar-refractivity contribution < 1.29 is 4.74 Å². The molecule has 0 unspecified atom stereocenters. The molecule has 3 N–H and O–H groups in total. The molecule has 1 rings (SSSR count). The highest BCUT2D eigenvalue weighted by molar-refractivity contribution is 4.87. The standard InChI is InChI=1S/C3H6N2O/c4-3-1-5-2-6-3/h1,5H,2,4H2. The second-order valence-corrected chi connectivity index (χ2v) is 1.04. The third-order valence-corrected chi connectivity index (χ3v) is 0.566. The molecule has 1 aliphatic heterocycles. The molecule has 3 nitrogen and oxygen atoms in total. The van der Waals surface area contributed by atoms with E-state index in [0.717, 1.165) is 0 Å². The molecule has 0 amide bonds. The predicted octanol–water partition coefficient (Wildman–Crippen LogP) is -0.679. The maximum Gasteiger partial charge on any atom is 0.202 e. The number of nitrogens with two attached hydrogens (primary N) is 1. The van der Waals surface area contributed by atoms with Crippen LogP contribution in [0.2, 0.25) is 0 Å². The van der Waals surface area contributed by atoms with Crippen LogP contribution >= 0.6 is 0 Å². The Morgan fingerprint density at radius 1 is 2.00 bits per heavy atom. The van der Waals surface area contributed by atoms with Crippen LogP contribution in [0.5, 0.6) is 0 Å². The first-order valence-corrected chi connectivity index (χ1v) is 1.71. The molecule has 6 heavy (non-hydrogen) atoms. The van der Waals surface area contributed by atoms with Gasteiger partial charge in [0.05, 0.1) is 6.20 Å². The Bertz CT molecular complexity index is 78.9. The fourth-order valence-electron chi connectivity index (χ4n) is 0.309. The monoisotopic (exact) mass is 86.0 g/mol. The Morgan fingerprint density at radius 3 is 3.00 bits per heavy atom. The third-order valence-electron chi connectivity index (χ3n) is 0.566. The maximum absolute atomic E-state index is 5.11. The number of nitrogens with one attached hydrogen (secondary N) is 1. The van der Waals surface area contributed by atoms with Gasteiger partial charge in [-0.2, -0.15) is 0 Å². The molecular formula is C3H6N2O. The third kappa shape index (κ3) is 0.381. The zero-order chi connectivity index (χ0) is 4.41. The molecule has 0 bridgehead atoms. The number of hydrogen-bond acceptors (Lipinski definition) is 3. The average molecular weight is 86.1 g/mol. The second kappa shape index (κ2) is 1.08. The van der Waals surface area contributed by atoms with Crippen molar-refractivity contribution in [3.8, 4) is 0 Å². The van der Waals surface area contributed by atoms with Gasteiger partial charge in [0.1, 0.15) is 0 Å². The Morgan fingerprint density at radius 2 is 2.83 bits per heavy atom. The Kier molecular flexibility index (Phi) is 0.602. The van der Waals surface area contributed by atoms with Gasteiger partial charge in [-0.05, 0) is 0 Å². The second-order valence-electron chi connectivity index (χ2n) is 1.04. The van der Waals surface area contributed by atoms with E-state index in [-0.39, 0.29) is 0 Å². The van der Waals surface area contributed by atoms with Gasteiger partial charge in [0.25, 0.3) is 0 Å². The Hall–Kier alpha value is -0.860. The first-order chi connectivity index (χ1) is 2.89. The Balaban J connectivity index is 2.45. The molecule has 0 aliphatic carbocycles. The summed E-state index contributed by atoms with van der Waals surface area (Å²) in [6.07, 6.45) is 1.62. The number of rotatable bonds is 0. The summed E-state index contributed by atoms with van der Waals surface area (Å²) in [4.78, 5) is 0. The number of hydrogen-bond donors (Lipinski definition) is 2. The van der Waals surface area contributed by atoms with E-state index in [4.69, 9.17) is 5.73 Å². The number of ether oxygens (including phenoxy) is 1. The lowest BCUT2D eigenvalue weighted by atomic mass is 10.9. The van der Waals surface area contributed by atoms with Gasteiger partial charge in [-0.25, -0.2) is 0 Å². The molecule has 0 saturated heterocycles. The van der Waals surface area contributed by atoms with Gasteiger partial charge in [0, 0.05) is 0 Å². The quantitative estimate of drug-likeness (QED) is 0.410. The van der Waals surface area contributed by atoms with Crippen LogP contribution in [0.4, 0.5) is 0 Å². The van der Waals surface area contributed by atoms with Crippen molar-refractivity contribution in [3.05, 3.63) is 12.1 Å². The highest BCUT2D eigenvalue weighted by Gasteiger charge is 1.93. The molecule has 1 heterocycles. The van der Waals surface area contributed by atoms with Gasteiger partial charge in [0.15, 0.2) is 6.73 Å². The molecule has 0 spiro atoms. The van der Waals surface area contributed by atoms with Gasteiger partial charge in [-0.1, -0.05) is 0 Å². The minimum Gasteiger partial charge on any atom is -0.457 e. The summed E-state index contributed by atoms with van der Waals surface area (Å²) in [6.45, 7) is 0.520. The zero-order valence-electron chi connectivity index (χ0n) is 3.27. The summed E-state index contributed by atoms with van der Waals surface area (Å²) >= 11 is 0. The molecule has 0 fully saturated rings. The van der Waals surface area contributed by atoms with Crippen LogP contribution in [0, 0.1) is 0 Å². The molecule has 0 aromatic rings. The van der Waals surface area contributed by atoms with Gasteiger partial charge in [-0.15, -0.1) is 0 Å². The van der Waals surface area contributed by atoms with Gasteiger partial charge in [-0.3, -0.25) is 0 Å². The van der Waals surface area contributed by atoms with Crippen LogP contribution in [0.15, 0.2) is 12.1 Å². The summed E-state index contributed by atoms with van der Waals surface area (Å²) in [7, 11) is 0. The van der Waals surface area contributed by atoms with Gasteiger partial charge < -0.3 is 15.8 Å². The average Bonchev–Trinajstić information content (AvgIpc) is 1.86. The summed E-state index contributed by atoms with van der Waals surface area (Å²) in [5.74, 6) is 0.468. The van der Waals surface area contributed by atoms with Crippen molar-refractivity contribution in [1.29, 1.82) is 0 Å². The summed E-state index contributed by atoms with van der Waals surface area (Å²) < 4.78 is 4.68. The lowest BCUT2D eigenvalue weighted by molar-refractivity contribution is 0.230. The molecule has 0 saturated carbocycles. The van der Waals surface area contributed by atoms with Crippen molar-refractivity contribution >= 4 is 0 Å². The van der Waals surface area contributed by atoms with Crippen molar-refractivity contribution in [1.82, 2.24) is 5.32 Å². The van der Waals surface area contributed by atoms with E-state index in [2.05, 4.69) is 10.1 Å². The van der Waals surface area contributed by atoms with Crippen LogP contribution in [0.1, 0.15) is 0 Å². The predicted molar refractivity (Wildman–Crippen MR) is 21.4 cm³/mol. The summed E-state index contributed by atoms with van der Waals surface area (Å²) in [6, 6.07) is 0. The Labute approximate surface area is 35.8 Å². The SMILES string of the molecule is NC1=CNCO1. The van der Waals surface area contributed by atoms with Gasteiger partial charge in [0.2, 0.25) is 5.88 Å². The first-order valence-electron chi connectivity index (χ1n) is 1.71. The molecule has 3 heteroatoms. The van der Waals surface area contributed by atoms with Crippen LogP contribution in [0.3, 0.4) is 0 Å². The van der Waals surface area contributed by atoms with Crippen molar-refractivity contribution in [3.63, 3.8) is 0 Å². The zero-order valence-corrected chi connectivity index (χ0v) is 3.27. The summed E-state index contributed by atoms with van der Waals surface area (Å²) in [5, 5.41) is 2.76. The molecule has 0 radical (unpaired) electrons. The lowest BCUT2D eigenvalue weighted by Gasteiger charge is -1.88. The topological polar surface area (TPSA) is 47.3 Å². The summed E-state index contributed by atoms with van der Waals surface area (Å²) in [5.41, 5.74) is 5.11. The van der Waals surface area contributed by atoms with E-state index in [1.807, 2.05) is 0 Å². The van der Waals surface area contributed by atoms with E-state index in [9.17, 15) is 0 Å².